The molecule has 0 spiro atoms. The third kappa shape index (κ3) is 3.71. The second-order valence-electron chi connectivity index (χ2n) is 6.03. The molecule has 0 bridgehead atoms. The van der Waals surface area contributed by atoms with Gasteiger partial charge in [-0.2, -0.15) is 0 Å². The first-order chi connectivity index (χ1) is 10.5. The lowest BCUT2D eigenvalue weighted by atomic mass is 9.91. The Balaban J connectivity index is 2.06. The molecular weight excluding hydrogens is 284 g/mol. The first kappa shape index (κ1) is 16.6. The van der Waals surface area contributed by atoms with Gasteiger partial charge in [-0.25, -0.2) is 4.79 Å². The summed E-state index contributed by atoms with van der Waals surface area (Å²) in [6.45, 7) is 2.31. The van der Waals surface area contributed by atoms with Crippen molar-refractivity contribution in [1.82, 2.24) is 10.2 Å². The molecule has 1 aliphatic heterocycles. The fraction of sp³-hybridized carbons (Fsp3) is 0.733. The summed E-state index contributed by atoms with van der Waals surface area (Å²) in [4.78, 5) is 41.5. The third-order valence-corrected chi connectivity index (χ3v) is 4.32. The molecule has 2 rings (SSSR count). The van der Waals surface area contributed by atoms with Crippen LogP contribution in [-0.4, -0.2) is 47.6 Å². The fourth-order valence-electron chi connectivity index (χ4n) is 2.87. The van der Waals surface area contributed by atoms with Crippen molar-refractivity contribution in [2.75, 3.05) is 6.54 Å². The molecule has 3 atom stereocenters. The Morgan fingerprint density at radius 1 is 1.32 bits per heavy atom. The zero-order chi connectivity index (χ0) is 16.1. The van der Waals surface area contributed by atoms with E-state index in [0.717, 1.165) is 43.4 Å². The number of nitrogens with one attached hydrogen (secondary N) is 1. The van der Waals surface area contributed by atoms with Crippen molar-refractivity contribution in [3.05, 3.63) is 0 Å². The molecule has 0 aromatic heterocycles. The van der Waals surface area contributed by atoms with Crippen LogP contribution in [0.3, 0.4) is 0 Å². The average molecular weight is 309 g/mol. The number of imide groups is 2. The van der Waals surface area contributed by atoms with E-state index in [1.165, 1.54) is 6.21 Å². The quantitative estimate of drug-likeness (QED) is 0.556. The number of nitrogens with zero attached hydrogens (tertiary/aromatic N) is 2. The predicted molar refractivity (Wildman–Crippen MR) is 81.1 cm³/mol. The highest BCUT2D eigenvalue weighted by Crippen LogP contribution is 2.19. The highest BCUT2D eigenvalue weighted by Gasteiger charge is 2.39. The van der Waals surface area contributed by atoms with Gasteiger partial charge in [0.25, 0.3) is 0 Å². The van der Waals surface area contributed by atoms with Gasteiger partial charge in [0.1, 0.15) is 12.1 Å². The topological polar surface area (TPSA) is 106 Å². The maximum absolute atomic E-state index is 12.3. The minimum absolute atomic E-state index is 0.0658. The van der Waals surface area contributed by atoms with Gasteiger partial charge < -0.3 is 5.73 Å². The van der Waals surface area contributed by atoms with E-state index in [9.17, 15) is 14.4 Å². The number of amides is 4. The summed E-state index contributed by atoms with van der Waals surface area (Å²) in [7, 11) is 0. The van der Waals surface area contributed by atoms with Crippen molar-refractivity contribution in [2.45, 2.75) is 57.5 Å². The molecule has 0 unspecified atom stereocenters. The normalized spacial score (nSPS) is 30.0. The molecule has 0 radical (unpaired) electrons. The largest absolute Gasteiger partial charge is 0.353 e. The second-order valence-corrected chi connectivity index (χ2v) is 6.03. The highest BCUT2D eigenvalue weighted by atomic mass is 16.2. The monoisotopic (exact) mass is 309 g/mol. The number of hydrogen-bond donors (Lipinski definition) is 2. The van der Waals surface area contributed by atoms with E-state index < -0.39 is 23.8 Å². The van der Waals surface area contributed by atoms with Gasteiger partial charge in [0, 0.05) is 19.2 Å². The van der Waals surface area contributed by atoms with E-state index in [-0.39, 0.29) is 12.1 Å². The second kappa shape index (κ2) is 7.49. The molecule has 7 nitrogen and oxygen atoms in total. The predicted octanol–water partition coefficient (Wildman–Crippen LogP) is 0.105. The van der Waals surface area contributed by atoms with Crippen LogP contribution in [0.2, 0.25) is 0 Å². The van der Waals surface area contributed by atoms with Crippen LogP contribution in [0, 0.1) is 5.92 Å². The first-order valence-corrected chi connectivity index (χ1v) is 8.07. The van der Waals surface area contributed by atoms with Gasteiger partial charge in [0.2, 0.25) is 11.8 Å². The third-order valence-electron chi connectivity index (χ3n) is 4.32. The van der Waals surface area contributed by atoms with Gasteiger partial charge >= 0.3 is 6.03 Å². The molecule has 1 heterocycles. The number of urea groups is 1. The molecular formula is C15H25N4O3+. The molecule has 122 valence electrons. The van der Waals surface area contributed by atoms with Crippen LogP contribution in [0.1, 0.15) is 45.4 Å². The van der Waals surface area contributed by atoms with Gasteiger partial charge in [-0.05, 0) is 19.3 Å². The van der Waals surface area contributed by atoms with Crippen LogP contribution in [0.25, 0.3) is 0 Å². The molecule has 1 saturated heterocycles. The van der Waals surface area contributed by atoms with Crippen molar-refractivity contribution in [1.29, 1.82) is 0 Å². The number of rotatable bonds is 5. The Morgan fingerprint density at radius 2 is 2.05 bits per heavy atom. The number of unbranched alkanes of at least 4 members (excludes halogenated alkanes) is 1. The number of aliphatic imine (C=N–C) groups is 1. The van der Waals surface area contributed by atoms with Gasteiger partial charge in [0.05, 0.1) is 0 Å². The van der Waals surface area contributed by atoms with E-state index in [1.807, 2.05) is 6.92 Å². The van der Waals surface area contributed by atoms with E-state index in [2.05, 4.69) is 16.0 Å². The molecule has 2 aliphatic rings. The maximum atomic E-state index is 12.3. The van der Waals surface area contributed by atoms with Gasteiger partial charge in [0.15, 0.2) is 5.92 Å². The van der Waals surface area contributed by atoms with Crippen molar-refractivity contribution in [2.24, 2.45) is 10.9 Å². The molecule has 4 amide bonds. The Labute approximate surface area is 130 Å². The maximum Gasteiger partial charge on any atom is 0.330 e. The summed E-state index contributed by atoms with van der Waals surface area (Å²) >= 11 is 0. The lowest BCUT2D eigenvalue weighted by Gasteiger charge is -2.29. The van der Waals surface area contributed by atoms with Crippen LogP contribution in [0.5, 0.6) is 0 Å². The minimum Gasteiger partial charge on any atom is -0.353 e. The minimum atomic E-state index is -0.997. The van der Waals surface area contributed by atoms with E-state index in [4.69, 9.17) is 0 Å². The molecule has 1 saturated carbocycles. The van der Waals surface area contributed by atoms with Crippen molar-refractivity contribution in [3.8, 4) is 0 Å². The number of quaternary nitrogens is 1. The molecule has 22 heavy (non-hydrogen) atoms. The number of barbiturate groups is 1. The highest BCUT2D eigenvalue weighted by molar-refractivity contribution is 6.23. The molecule has 1 aliphatic carbocycles. The zero-order valence-electron chi connectivity index (χ0n) is 13.1. The molecule has 0 aromatic carbocycles. The summed E-state index contributed by atoms with van der Waals surface area (Å²) in [5.74, 6) is -2.05. The Morgan fingerprint density at radius 3 is 2.73 bits per heavy atom. The smallest absolute Gasteiger partial charge is 0.330 e. The summed E-state index contributed by atoms with van der Waals surface area (Å²) in [6, 6.07) is -0.332. The van der Waals surface area contributed by atoms with Gasteiger partial charge in [-0.3, -0.25) is 24.8 Å². The fourth-order valence-corrected chi connectivity index (χ4v) is 2.87. The zero-order valence-corrected chi connectivity index (χ0v) is 13.1. The first-order valence-electron chi connectivity index (χ1n) is 8.07. The Hall–Kier alpha value is -1.76. The standard InChI is InChI=1S/C15H24N4O3/c1-2-3-8-19-14(21)10(13(20)18-15(19)22)9-17-12-7-5-4-6-11(12)16/h9-12H,2-8,16H2,1H3,(H,18,20,22)/p+1/t10-,11+,12-/m0/s1. The summed E-state index contributed by atoms with van der Waals surface area (Å²) in [6.07, 6.45) is 7.22. The SMILES string of the molecule is CCCCN1C(=O)NC(=O)[C@H](C=N[C@H]2CCCC[C@H]2[NH3+])C1=O. The van der Waals surface area contributed by atoms with Crippen LogP contribution >= 0.6 is 0 Å². The van der Waals surface area contributed by atoms with Crippen LogP contribution in [0.15, 0.2) is 4.99 Å². The summed E-state index contributed by atoms with van der Waals surface area (Å²) in [5, 5.41) is 2.24. The van der Waals surface area contributed by atoms with Crippen LogP contribution in [-0.2, 0) is 9.59 Å². The van der Waals surface area contributed by atoms with Crippen LogP contribution in [0.4, 0.5) is 4.79 Å². The van der Waals surface area contributed by atoms with Crippen molar-refractivity contribution < 1.29 is 20.1 Å². The van der Waals surface area contributed by atoms with Crippen molar-refractivity contribution in [3.63, 3.8) is 0 Å². The van der Waals surface area contributed by atoms with E-state index in [1.54, 1.807) is 0 Å². The lowest BCUT2D eigenvalue weighted by molar-refractivity contribution is -0.428. The van der Waals surface area contributed by atoms with Gasteiger partial charge in [-0.1, -0.05) is 19.8 Å². The molecule has 4 N–H and O–H groups in total. The Kier molecular flexibility index (Phi) is 5.65. The Bertz CT molecular complexity index is 477. The lowest BCUT2D eigenvalue weighted by Crippen LogP contribution is -2.66. The van der Waals surface area contributed by atoms with Crippen molar-refractivity contribution >= 4 is 24.1 Å². The number of carbonyl (C=O) groups excluding carboxylic acids is 3. The molecule has 0 aromatic rings. The summed E-state index contributed by atoms with van der Waals surface area (Å²) in [5.41, 5.74) is 4.08. The number of hydrogen-bond acceptors (Lipinski definition) is 4. The molecule has 2 fully saturated rings. The van der Waals surface area contributed by atoms with E-state index >= 15 is 0 Å². The number of carbonyl (C=O) groups is 3. The summed E-state index contributed by atoms with van der Waals surface area (Å²) < 4.78 is 0. The molecule has 7 heteroatoms. The van der Waals surface area contributed by atoms with Gasteiger partial charge in [-0.15, -0.1) is 0 Å². The van der Waals surface area contributed by atoms with Crippen LogP contribution < -0.4 is 11.1 Å². The van der Waals surface area contributed by atoms with E-state index in [0.29, 0.717) is 6.54 Å². The average Bonchev–Trinajstić information content (AvgIpc) is 2.48.